The molecule has 0 bridgehead atoms. The van der Waals surface area contributed by atoms with Crippen LogP contribution >= 0.6 is 0 Å². The molecular weight excluding hydrogens is 152 g/mol. The number of aliphatic hydroxyl groups excluding tert-OH is 4. The molecule has 0 radical (unpaired) electrons. The lowest BCUT2D eigenvalue weighted by Crippen LogP contribution is -2.36. The molecule has 5 heteroatoms. The summed E-state index contributed by atoms with van der Waals surface area (Å²) < 4.78 is 4.72. The zero-order chi connectivity index (χ0) is 8.43. The fourth-order valence-corrected chi connectivity index (χ4v) is 1.12. The summed E-state index contributed by atoms with van der Waals surface area (Å²) in [7, 11) is 0. The minimum atomic E-state index is -1.12. The van der Waals surface area contributed by atoms with Gasteiger partial charge in [-0.25, -0.2) is 0 Å². The molecule has 4 N–H and O–H groups in total. The van der Waals surface area contributed by atoms with Crippen molar-refractivity contribution in [3.63, 3.8) is 0 Å². The lowest BCUT2D eigenvalue weighted by Gasteiger charge is -2.17. The van der Waals surface area contributed by atoms with Gasteiger partial charge in [0.1, 0.15) is 12.2 Å². The van der Waals surface area contributed by atoms with Gasteiger partial charge < -0.3 is 25.2 Å². The molecule has 1 fully saturated rings. The van der Waals surface area contributed by atoms with E-state index in [1.165, 1.54) is 0 Å². The first-order chi connectivity index (χ1) is 5.15. The summed E-state index contributed by atoms with van der Waals surface area (Å²) in [5, 5.41) is 35.4. The van der Waals surface area contributed by atoms with Gasteiger partial charge in [-0.1, -0.05) is 0 Å². The molecule has 0 saturated carbocycles. The summed E-state index contributed by atoms with van der Waals surface area (Å²) in [6.07, 6.45) is -3.83. The molecule has 0 aromatic rings. The molecule has 0 aromatic carbocycles. The molecular formula is C6H12O5. The Balaban J connectivity index is 2.45. The van der Waals surface area contributed by atoms with E-state index in [9.17, 15) is 0 Å². The normalized spacial score (nSPS) is 40.9. The Labute approximate surface area is 63.8 Å². The van der Waals surface area contributed by atoms with E-state index in [4.69, 9.17) is 25.2 Å². The molecule has 1 rings (SSSR count). The van der Waals surface area contributed by atoms with Crippen molar-refractivity contribution in [2.75, 3.05) is 6.61 Å². The summed E-state index contributed by atoms with van der Waals surface area (Å²) in [5.74, 6) is 0. The number of hydrogen-bond donors (Lipinski definition) is 4. The monoisotopic (exact) mass is 164 g/mol. The van der Waals surface area contributed by atoms with E-state index >= 15 is 0 Å². The van der Waals surface area contributed by atoms with E-state index in [-0.39, 0.29) is 6.42 Å². The van der Waals surface area contributed by atoms with Crippen molar-refractivity contribution < 1.29 is 25.2 Å². The average molecular weight is 164 g/mol. The van der Waals surface area contributed by atoms with Crippen molar-refractivity contribution in [2.24, 2.45) is 0 Å². The fourth-order valence-electron chi connectivity index (χ4n) is 1.12. The smallest absolute Gasteiger partial charge is 0.157 e. The van der Waals surface area contributed by atoms with E-state index in [0.29, 0.717) is 0 Å². The van der Waals surface area contributed by atoms with Crippen molar-refractivity contribution in [1.82, 2.24) is 0 Å². The van der Waals surface area contributed by atoms with Gasteiger partial charge in [0, 0.05) is 6.42 Å². The van der Waals surface area contributed by atoms with Crippen LogP contribution in [0.15, 0.2) is 0 Å². The van der Waals surface area contributed by atoms with Crippen LogP contribution in [0.3, 0.4) is 0 Å². The summed E-state index contributed by atoms with van der Waals surface area (Å²) in [6, 6.07) is 0. The number of aliphatic hydroxyl groups is 4. The maximum absolute atomic E-state index is 9.10. The van der Waals surface area contributed by atoms with Crippen LogP contribution in [0.1, 0.15) is 6.42 Å². The number of ether oxygens (including phenoxy) is 1. The summed E-state index contributed by atoms with van der Waals surface area (Å²) >= 11 is 0. The largest absolute Gasteiger partial charge is 0.394 e. The summed E-state index contributed by atoms with van der Waals surface area (Å²) in [6.45, 7) is -0.478. The third kappa shape index (κ3) is 1.88. The Hall–Kier alpha value is -0.200. The second-order valence-corrected chi connectivity index (χ2v) is 2.61. The second-order valence-electron chi connectivity index (χ2n) is 2.61. The minimum absolute atomic E-state index is 0.0850. The van der Waals surface area contributed by atoms with Gasteiger partial charge in [0.05, 0.1) is 12.7 Å². The molecule has 11 heavy (non-hydrogen) atoms. The van der Waals surface area contributed by atoms with Crippen LogP contribution in [0.4, 0.5) is 0 Å². The summed E-state index contributed by atoms with van der Waals surface area (Å²) in [5.41, 5.74) is 0. The molecule has 1 heterocycles. The molecule has 0 aliphatic carbocycles. The molecule has 1 unspecified atom stereocenters. The molecule has 66 valence electrons. The van der Waals surface area contributed by atoms with Crippen LogP contribution in [-0.4, -0.2) is 51.6 Å². The van der Waals surface area contributed by atoms with E-state index in [0.717, 1.165) is 0 Å². The molecule has 1 saturated heterocycles. The molecule has 4 atom stereocenters. The Morgan fingerprint density at radius 1 is 1.45 bits per heavy atom. The zero-order valence-corrected chi connectivity index (χ0v) is 5.92. The minimum Gasteiger partial charge on any atom is -0.394 e. The van der Waals surface area contributed by atoms with Gasteiger partial charge >= 0.3 is 0 Å². The van der Waals surface area contributed by atoms with Crippen LogP contribution in [0.25, 0.3) is 0 Å². The van der Waals surface area contributed by atoms with Gasteiger partial charge in [-0.3, -0.25) is 0 Å². The van der Waals surface area contributed by atoms with Gasteiger partial charge in [0.2, 0.25) is 0 Å². The van der Waals surface area contributed by atoms with Crippen LogP contribution in [-0.2, 0) is 4.74 Å². The Bertz CT molecular complexity index is 124. The van der Waals surface area contributed by atoms with Crippen LogP contribution in [0, 0.1) is 0 Å². The first-order valence-electron chi connectivity index (χ1n) is 3.45. The molecule has 0 aromatic heterocycles. The Kier molecular flexibility index (Phi) is 2.80. The first kappa shape index (κ1) is 8.89. The maximum atomic E-state index is 9.10. The van der Waals surface area contributed by atoms with Crippen LogP contribution in [0.2, 0.25) is 0 Å². The zero-order valence-electron chi connectivity index (χ0n) is 5.92. The molecule has 0 amide bonds. The van der Waals surface area contributed by atoms with Gasteiger partial charge in [-0.05, 0) is 0 Å². The van der Waals surface area contributed by atoms with Crippen LogP contribution < -0.4 is 0 Å². The summed E-state index contributed by atoms with van der Waals surface area (Å²) in [4.78, 5) is 0. The highest BCUT2D eigenvalue weighted by Gasteiger charge is 2.37. The highest BCUT2D eigenvalue weighted by Crippen LogP contribution is 2.20. The van der Waals surface area contributed by atoms with Gasteiger partial charge in [0.25, 0.3) is 0 Å². The fraction of sp³-hybridized carbons (Fsp3) is 1.00. The standard InChI is InChI=1S/C6H12O5/c7-2-4(9)6-3(8)1-5(10)11-6/h3-10H,1-2H2/t3-,4-,5?,6+/m1/s1. The highest BCUT2D eigenvalue weighted by atomic mass is 16.6. The maximum Gasteiger partial charge on any atom is 0.157 e. The third-order valence-corrected chi connectivity index (χ3v) is 1.70. The van der Waals surface area contributed by atoms with Crippen molar-refractivity contribution in [2.45, 2.75) is 31.0 Å². The molecule has 0 spiro atoms. The van der Waals surface area contributed by atoms with Crippen molar-refractivity contribution in [1.29, 1.82) is 0 Å². The van der Waals surface area contributed by atoms with E-state index in [2.05, 4.69) is 0 Å². The van der Waals surface area contributed by atoms with Crippen LogP contribution in [0.5, 0.6) is 0 Å². The first-order valence-corrected chi connectivity index (χ1v) is 3.45. The highest BCUT2D eigenvalue weighted by molar-refractivity contribution is 4.82. The van der Waals surface area contributed by atoms with E-state index in [1.54, 1.807) is 0 Å². The van der Waals surface area contributed by atoms with Gasteiger partial charge in [0.15, 0.2) is 6.29 Å². The number of rotatable bonds is 2. The van der Waals surface area contributed by atoms with Crippen molar-refractivity contribution in [3.8, 4) is 0 Å². The average Bonchev–Trinajstić information content (AvgIpc) is 2.28. The topological polar surface area (TPSA) is 90.2 Å². The predicted molar refractivity (Wildman–Crippen MR) is 34.6 cm³/mol. The molecule has 1 aliphatic heterocycles. The quantitative estimate of drug-likeness (QED) is 0.372. The Morgan fingerprint density at radius 2 is 2.09 bits per heavy atom. The predicted octanol–water partition coefficient (Wildman–Crippen LogP) is -2.19. The Morgan fingerprint density at radius 3 is 2.45 bits per heavy atom. The molecule has 5 nitrogen and oxygen atoms in total. The lowest BCUT2D eigenvalue weighted by atomic mass is 10.1. The van der Waals surface area contributed by atoms with E-state index < -0.39 is 31.2 Å². The van der Waals surface area contributed by atoms with E-state index in [1.807, 2.05) is 0 Å². The molecule has 1 aliphatic rings. The van der Waals surface area contributed by atoms with Gasteiger partial charge in [-0.2, -0.15) is 0 Å². The SMILES string of the molecule is OC[C@@H](O)[C@H]1OC(O)C[C@H]1O. The van der Waals surface area contributed by atoms with Crippen molar-refractivity contribution >= 4 is 0 Å². The third-order valence-electron chi connectivity index (χ3n) is 1.70. The van der Waals surface area contributed by atoms with Crippen molar-refractivity contribution in [3.05, 3.63) is 0 Å². The number of hydrogen-bond acceptors (Lipinski definition) is 5. The van der Waals surface area contributed by atoms with Gasteiger partial charge in [-0.15, -0.1) is 0 Å². The second kappa shape index (κ2) is 3.46. The lowest BCUT2D eigenvalue weighted by molar-refractivity contribution is -0.136.